The minimum absolute atomic E-state index is 0.190. The molecular weight excluding hydrogens is 390 g/mol. The van der Waals surface area contributed by atoms with Gasteiger partial charge in [0.05, 0.1) is 23.4 Å². The molecule has 0 radical (unpaired) electrons. The molecule has 1 N–H and O–H groups in total. The SMILES string of the molecule is CCN(CCC(C)C#N)[C@@H]1CCCNC1.N#Cc1ccc(-c2ccc(S)cn2)cc1. The van der Waals surface area contributed by atoms with Crippen LogP contribution >= 0.6 is 12.6 Å². The van der Waals surface area contributed by atoms with Crippen molar-refractivity contribution in [1.29, 1.82) is 10.5 Å². The van der Waals surface area contributed by atoms with Gasteiger partial charge in [0.25, 0.3) is 0 Å². The number of thiol groups is 1. The average Bonchev–Trinajstić information content (AvgIpc) is 2.81. The molecule has 1 aromatic heterocycles. The molecule has 0 saturated carbocycles. The van der Waals surface area contributed by atoms with Gasteiger partial charge in [-0.15, -0.1) is 12.6 Å². The highest BCUT2D eigenvalue weighted by Crippen LogP contribution is 2.18. The Morgan fingerprint density at radius 1 is 1.23 bits per heavy atom. The number of pyridine rings is 1. The normalized spacial score (nSPS) is 16.7. The molecule has 5 nitrogen and oxygen atoms in total. The fraction of sp³-hybridized carbons (Fsp3) is 0.458. The number of nitrogens with one attached hydrogen (secondary N) is 1. The van der Waals surface area contributed by atoms with Gasteiger partial charge in [0.1, 0.15) is 0 Å². The van der Waals surface area contributed by atoms with Crippen LogP contribution in [0.1, 0.15) is 38.7 Å². The Bertz CT molecular complexity index is 830. The third-order valence-electron chi connectivity index (χ3n) is 5.32. The maximum atomic E-state index is 8.75. The summed E-state index contributed by atoms with van der Waals surface area (Å²) in [5.41, 5.74) is 2.55. The summed E-state index contributed by atoms with van der Waals surface area (Å²) >= 11 is 4.17. The van der Waals surface area contributed by atoms with Crippen LogP contribution in [0.5, 0.6) is 0 Å². The maximum absolute atomic E-state index is 8.75. The Balaban J connectivity index is 0.000000214. The van der Waals surface area contributed by atoms with Crippen LogP contribution in [0.15, 0.2) is 47.5 Å². The number of hydrogen-bond acceptors (Lipinski definition) is 6. The maximum Gasteiger partial charge on any atom is 0.0991 e. The quantitative estimate of drug-likeness (QED) is 0.671. The van der Waals surface area contributed by atoms with Crippen LogP contribution in [0.25, 0.3) is 11.3 Å². The first kappa shape index (κ1) is 23.9. The highest BCUT2D eigenvalue weighted by atomic mass is 32.1. The summed E-state index contributed by atoms with van der Waals surface area (Å²) in [4.78, 5) is 7.60. The Morgan fingerprint density at radius 2 is 2.00 bits per heavy atom. The number of rotatable bonds is 6. The van der Waals surface area contributed by atoms with E-state index in [9.17, 15) is 0 Å². The molecular formula is C24H31N5S. The van der Waals surface area contributed by atoms with E-state index in [0.717, 1.165) is 42.2 Å². The van der Waals surface area contributed by atoms with E-state index in [1.165, 1.54) is 19.4 Å². The van der Waals surface area contributed by atoms with E-state index < -0.39 is 0 Å². The van der Waals surface area contributed by atoms with Gasteiger partial charge >= 0.3 is 0 Å². The van der Waals surface area contributed by atoms with Crippen molar-refractivity contribution in [2.45, 2.75) is 44.0 Å². The number of piperidine rings is 1. The van der Waals surface area contributed by atoms with E-state index in [1.54, 1.807) is 18.3 Å². The van der Waals surface area contributed by atoms with Crippen LogP contribution in [0, 0.1) is 28.6 Å². The molecule has 0 amide bonds. The van der Waals surface area contributed by atoms with Crippen molar-refractivity contribution in [3.05, 3.63) is 48.2 Å². The Morgan fingerprint density at radius 3 is 2.53 bits per heavy atom. The molecule has 2 heterocycles. The third kappa shape index (κ3) is 7.80. The fourth-order valence-electron chi connectivity index (χ4n) is 3.44. The molecule has 1 aliphatic rings. The Kier molecular flexibility index (Phi) is 10.4. The van der Waals surface area contributed by atoms with Crippen LogP contribution in [0.3, 0.4) is 0 Å². The predicted molar refractivity (Wildman–Crippen MR) is 124 cm³/mol. The predicted octanol–water partition coefficient (Wildman–Crippen LogP) is 4.52. The summed E-state index contributed by atoms with van der Waals surface area (Å²) in [6.07, 6.45) is 5.30. The molecule has 1 aliphatic heterocycles. The first-order valence-electron chi connectivity index (χ1n) is 10.6. The molecule has 1 unspecified atom stereocenters. The largest absolute Gasteiger partial charge is 0.315 e. The van der Waals surface area contributed by atoms with Gasteiger partial charge in [0.2, 0.25) is 0 Å². The lowest BCUT2D eigenvalue weighted by molar-refractivity contribution is 0.168. The minimum atomic E-state index is 0.190. The van der Waals surface area contributed by atoms with Crippen molar-refractivity contribution >= 4 is 12.6 Å². The van der Waals surface area contributed by atoms with Gasteiger partial charge in [-0.05, 0) is 70.1 Å². The van der Waals surface area contributed by atoms with E-state index in [4.69, 9.17) is 10.5 Å². The number of nitriles is 2. The smallest absolute Gasteiger partial charge is 0.0991 e. The van der Waals surface area contributed by atoms with Crippen molar-refractivity contribution in [2.75, 3.05) is 26.2 Å². The molecule has 1 saturated heterocycles. The summed E-state index contributed by atoms with van der Waals surface area (Å²) < 4.78 is 0. The zero-order chi connectivity index (χ0) is 21.8. The second-order valence-corrected chi connectivity index (χ2v) is 8.05. The average molecular weight is 422 g/mol. The van der Waals surface area contributed by atoms with Crippen molar-refractivity contribution in [3.63, 3.8) is 0 Å². The van der Waals surface area contributed by atoms with Crippen LogP contribution in [0.4, 0.5) is 0 Å². The molecule has 30 heavy (non-hydrogen) atoms. The molecule has 2 atom stereocenters. The lowest BCUT2D eigenvalue weighted by atomic mass is 10.0. The van der Waals surface area contributed by atoms with Gasteiger partial charge in [-0.3, -0.25) is 9.88 Å². The molecule has 1 fully saturated rings. The van der Waals surface area contributed by atoms with Crippen molar-refractivity contribution in [3.8, 4) is 23.4 Å². The van der Waals surface area contributed by atoms with E-state index >= 15 is 0 Å². The van der Waals surface area contributed by atoms with Crippen LogP contribution in [0.2, 0.25) is 0 Å². The zero-order valence-electron chi connectivity index (χ0n) is 17.9. The van der Waals surface area contributed by atoms with E-state index in [2.05, 4.69) is 46.9 Å². The molecule has 2 aromatic rings. The summed E-state index contributed by atoms with van der Waals surface area (Å²) in [6, 6.07) is 16.2. The molecule has 0 aliphatic carbocycles. The van der Waals surface area contributed by atoms with E-state index in [-0.39, 0.29) is 5.92 Å². The van der Waals surface area contributed by atoms with Gasteiger partial charge in [-0.25, -0.2) is 0 Å². The standard InChI is InChI=1S/C12H23N3.C12H8N2S/c1-3-15(8-6-11(2)9-13)12-5-4-7-14-10-12;13-7-9-1-3-10(4-2-9)12-6-5-11(15)8-14-12/h11-12,14H,3-8,10H2,1-2H3;1-6,8,15H/t11?,12-;/m1./s1. The van der Waals surface area contributed by atoms with E-state index in [1.807, 2.05) is 31.2 Å². The van der Waals surface area contributed by atoms with Crippen LogP contribution in [-0.4, -0.2) is 42.1 Å². The second kappa shape index (κ2) is 13.0. The van der Waals surface area contributed by atoms with Crippen molar-refractivity contribution in [2.24, 2.45) is 5.92 Å². The second-order valence-electron chi connectivity index (χ2n) is 7.54. The minimum Gasteiger partial charge on any atom is -0.315 e. The first-order chi connectivity index (χ1) is 14.6. The Hall–Kier alpha value is -2.38. The highest BCUT2D eigenvalue weighted by Gasteiger charge is 2.19. The summed E-state index contributed by atoms with van der Waals surface area (Å²) in [5, 5.41) is 20.9. The van der Waals surface area contributed by atoms with Gasteiger partial charge < -0.3 is 5.32 Å². The van der Waals surface area contributed by atoms with Gasteiger partial charge in [0.15, 0.2) is 0 Å². The van der Waals surface area contributed by atoms with Gasteiger partial charge in [-0.2, -0.15) is 10.5 Å². The zero-order valence-corrected chi connectivity index (χ0v) is 18.8. The van der Waals surface area contributed by atoms with Crippen molar-refractivity contribution < 1.29 is 0 Å². The number of benzene rings is 1. The number of nitrogens with zero attached hydrogens (tertiary/aromatic N) is 4. The molecule has 0 spiro atoms. The third-order valence-corrected chi connectivity index (χ3v) is 5.59. The molecule has 6 heteroatoms. The summed E-state index contributed by atoms with van der Waals surface area (Å²) in [5.74, 6) is 0.190. The molecule has 0 bridgehead atoms. The highest BCUT2D eigenvalue weighted by molar-refractivity contribution is 7.80. The Labute approximate surface area is 186 Å². The summed E-state index contributed by atoms with van der Waals surface area (Å²) in [7, 11) is 0. The number of hydrogen-bond donors (Lipinski definition) is 2. The van der Waals surface area contributed by atoms with Gasteiger partial charge in [0, 0.05) is 35.2 Å². The topological polar surface area (TPSA) is 75.7 Å². The number of likely N-dealkylation sites (N-methyl/N-ethyl adjacent to an activating group) is 1. The van der Waals surface area contributed by atoms with E-state index in [0.29, 0.717) is 11.6 Å². The molecule has 158 valence electrons. The van der Waals surface area contributed by atoms with Crippen LogP contribution in [-0.2, 0) is 0 Å². The van der Waals surface area contributed by atoms with Crippen molar-refractivity contribution in [1.82, 2.24) is 15.2 Å². The summed E-state index contributed by atoms with van der Waals surface area (Å²) in [6.45, 7) is 8.68. The fourth-order valence-corrected chi connectivity index (χ4v) is 3.57. The first-order valence-corrected chi connectivity index (χ1v) is 11.0. The lowest BCUT2D eigenvalue weighted by Gasteiger charge is -2.34. The lowest BCUT2D eigenvalue weighted by Crippen LogP contribution is -2.46. The number of aromatic nitrogens is 1. The van der Waals surface area contributed by atoms with Gasteiger partial charge in [-0.1, -0.05) is 19.1 Å². The molecule has 1 aromatic carbocycles. The van der Waals surface area contributed by atoms with Crippen LogP contribution < -0.4 is 5.32 Å². The molecule has 3 rings (SSSR count). The monoisotopic (exact) mass is 421 g/mol.